The van der Waals surface area contributed by atoms with Crippen LogP contribution in [-0.2, 0) is 19.9 Å². The lowest BCUT2D eigenvalue weighted by Crippen LogP contribution is -2.14. The molecular weight excluding hydrogens is 334 g/mol. The Labute approximate surface area is 137 Å². The van der Waals surface area contributed by atoms with Crippen molar-refractivity contribution in [3.63, 3.8) is 0 Å². The summed E-state index contributed by atoms with van der Waals surface area (Å²) >= 11 is 0. The zero-order valence-corrected chi connectivity index (χ0v) is 15.0. The lowest BCUT2D eigenvalue weighted by atomic mass is 10.1. The number of sulfone groups is 1. The largest absolute Gasteiger partial charge is 0.279 e. The molecule has 0 amide bonds. The molecule has 1 N–H and O–H groups in total. The molecular formula is C16H19NO4S2. The normalized spacial score (nSPS) is 12.2. The second kappa shape index (κ2) is 5.98. The van der Waals surface area contributed by atoms with Crippen molar-refractivity contribution in [3.05, 3.63) is 53.1 Å². The van der Waals surface area contributed by atoms with Crippen LogP contribution in [0.5, 0.6) is 0 Å². The van der Waals surface area contributed by atoms with Crippen LogP contribution in [0.4, 0.5) is 5.69 Å². The van der Waals surface area contributed by atoms with Gasteiger partial charge in [0.25, 0.3) is 10.0 Å². The van der Waals surface area contributed by atoms with Gasteiger partial charge in [-0.25, -0.2) is 16.8 Å². The topological polar surface area (TPSA) is 80.3 Å². The van der Waals surface area contributed by atoms with E-state index in [4.69, 9.17) is 0 Å². The zero-order valence-electron chi connectivity index (χ0n) is 13.4. The van der Waals surface area contributed by atoms with Crippen LogP contribution in [-0.4, -0.2) is 23.1 Å². The maximum atomic E-state index is 12.5. The molecule has 2 rings (SSSR count). The molecule has 0 aliphatic rings. The van der Waals surface area contributed by atoms with E-state index in [0.29, 0.717) is 5.56 Å². The van der Waals surface area contributed by atoms with Gasteiger partial charge in [0.05, 0.1) is 15.5 Å². The van der Waals surface area contributed by atoms with Gasteiger partial charge in [-0.3, -0.25) is 4.72 Å². The summed E-state index contributed by atoms with van der Waals surface area (Å²) in [5.41, 5.74) is 2.77. The standard InChI is InChI=1S/C16H19NO4S2/c1-11-5-8-15(9-13(11)3)23(20,21)17-16-10-14(22(4,18)19)7-6-12(16)2/h5-10,17H,1-4H3. The first-order chi connectivity index (χ1) is 10.5. The highest BCUT2D eigenvalue weighted by atomic mass is 32.2. The van der Waals surface area contributed by atoms with Gasteiger partial charge >= 0.3 is 0 Å². The highest BCUT2D eigenvalue weighted by molar-refractivity contribution is 7.92. The summed E-state index contributed by atoms with van der Waals surface area (Å²) in [7, 11) is -7.19. The summed E-state index contributed by atoms with van der Waals surface area (Å²) in [5.74, 6) is 0. The predicted octanol–water partition coefficient (Wildman–Crippen LogP) is 2.82. The average molecular weight is 353 g/mol. The molecule has 0 unspecified atom stereocenters. The smallest absolute Gasteiger partial charge is 0.261 e. The lowest BCUT2D eigenvalue weighted by molar-refractivity contribution is 0.599. The monoisotopic (exact) mass is 353 g/mol. The summed E-state index contributed by atoms with van der Waals surface area (Å²) in [5, 5.41) is 0. The number of sulfonamides is 1. The van der Waals surface area contributed by atoms with E-state index in [1.165, 1.54) is 18.2 Å². The van der Waals surface area contributed by atoms with Crippen LogP contribution in [0.3, 0.4) is 0 Å². The molecule has 0 saturated heterocycles. The maximum absolute atomic E-state index is 12.5. The number of benzene rings is 2. The Morgan fingerprint density at radius 1 is 0.739 bits per heavy atom. The van der Waals surface area contributed by atoms with Gasteiger partial charge in [-0.15, -0.1) is 0 Å². The minimum Gasteiger partial charge on any atom is -0.279 e. The fraction of sp³-hybridized carbons (Fsp3) is 0.250. The molecule has 0 aliphatic carbocycles. The van der Waals surface area contributed by atoms with Crippen molar-refractivity contribution in [2.45, 2.75) is 30.6 Å². The molecule has 0 spiro atoms. The molecule has 0 aromatic heterocycles. The van der Waals surface area contributed by atoms with E-state index in [0.717, 1.165) is 17.4 Å². The van der Waals surface area contributed by atoms with Gasteiger partial charge in [0.15, 0.2) is 9.84 Å². The molecule has 5 nitrogen and oxygen atoms in total. The Kier molecular flexibility index (Phi) is 4.54. The van der Waals surface area contributed by atoms with Crippen LogP contribution in [0.1, 0.15) is 16.7 Å². The number of hydrogen-bond donors (Lipinski definition) is 1. The van der Waals surface area contributed by atoms with E-state index in [9.17, 15) is 16.8 Å². The molecule has 23 heavy (non-hydrogen) atoms. The van der Waals surface area contributed by atoms with Gasteiger partial charge in [-0.2, -0.15) is 0 Å². The van der Waals surface area contributed by atoms with Crippen LogP contribution < -0.4 is 4.72 Å². The summed E-state index contributed by atoms with van der Waals surface area (Å²) in [6, 6.07) is 9.23. The van der Waals surface area contributed by atoms with E-state index in [1.807, 2.05) is 13.8 Å². The molecule has 7 heteroatoms. The van der Waals surface area contributed by atoms with Crippen LogP contribution >= 0.6 is 0 Å². The quantitative estimate of drug-likeness (QED) is 0.916. The zero-order chi connectivity index (χ0) is 17.4. The highest BCUT2D eigenvalue weighted by Gasteiger charge is 2.17. The molecule has 0 fully saturated rings. The number of hydrogen-bond acceptors (Lipinski definition) is 4. The van der Waals surface area contributed by atoms with Crippen LogP contribution in [0.2, 0.25) is 0 Å². The fourth-order valence-electron chi connectivity index (χ4n) is 2.03. The fourth-order valence-corrected chi connectivity index (χ4v) is 3.88. The number of rotatable bonds is 4. The van der Waals surface area contributed by atoms with Gasteiger partial charge in [0, 0.05) is 6.26 Å². The van der Waals surface area contributed by atoms with Gasteiger partial charge in [-0.1, -0.05) is 12.1 Å². The highest BCUT2D eigenvalue weighted by Crippen LogP contribution is 2.24. The van der Waals surface area contributed by atoms with Crippen LogP contribution in [0.25, 0.3) is 0 Å². The van der Waals surface area contributed by atoms with E-state index in [-0.39, 0.29) is 15.5 Å². The minimum atomic E-state index is -3.78. The number of nitrogens with one attached hydrogen (secondary N) is 1. The SMILES string of the molecule is Cc1ccc(S(=O)(=O)Nc2cc(S(C)(=O)=O)ccc2C)cc1C. The summed E-state index contributed by atoms with van der Waals surface area (Å²) in [4.78, 5) is 0.214. The van der Waals surface area contributed by atoms with E-state index in [2.05, 4.69) is 4.72 Å². The summed E-state index contributed by atoms with van der Waals surface area (Å²) in [6.45, 7) is 5.45. The van der Waals surface area contributed by atoms with Crippen molar-refractivity contribution < 1.29 is 16.8 Å². The first-order valence-corrected chi connectivity index (χ1v) is 10.3. The third-order valence-electron chi connectivity index (χ3n) is 3.67. The van der Waals surface area contributed by atoms with Gasteiger partial charge < -0.3 is 0 Å². The van der Waals surface area contributed by atoms with Crippen molar-refractivity contribution in [1.82, 2.24) is 0 Å². The Hall–Kier alpha value is -1.86. The Morgan fingerprint density at radius 2 is 1.30 bits per heavy atom. The second-order valence-electron chi connectivity index (χ2n) is 5.60. The van der Waals surface area contributed by atoms with E-state index in [1.54, 1.807) is 25.1 Å². The first-order valence-electron chi connectivity index (χ1n) is 6.91. The third kappa shape index (κ3) is 3.92. The molecule has 0 saturated carbocycles. The third-order valence-corrected chi connectivity index (χ3v) is 6.14. The van der Waals surface area contributed by atoms with E-state index < -0.39 is 19.9 Å². The van der Waals surface area contributed by atoms with Crippen molar-refractivity contribution in [2.75, 3.05) is 11.0 Å². The van der Waals surface area contributed by atoms with Gasteiger partial charge in [-0.05, 0) is 61.7 Å². The molecule has 0 aliphatic heterocycles. The average Bonchev–Trinajstić information content (AvgIpc) is 2.42. The molecule has 0 bridgehead atoms. The summed E-state index contributed by atoms with van der Waals surface area (Å²) in [6.07, 6.45) is 1.08. The minimum absolute atomic E-state index is 0.0703. The van der Waals surface area contributed by atoms with Gasteiger partial charge in [0.2, 0.25) is 0 Å². The second-order valence-corrected chi connectivity index (χ2v) is 9.30. The van der Waals surface area contributed by atoms with Gasteiger partial charge in [0.1, 0.15) is 0 Å². The molecule has 2 aromatic carbocycles. The molecule has 0 radical (unpaired) electrons. The number of aryl methyl sites for hydroxylation is 3. The van der Waals surface area contributed by atoms with E-state index >= 15 is 0 Å². The van der Waals surface area contributed by atoms with Crippen molar-refractivity contribution >= 4 is 25.5 Å². The molecule has 2 aromatic rings. The Balaban J connectivity index is 2.46. The molecule has 0 atom stereocenters. The van der Waals surface area contributed by atoms with Crippen LogP contribution in [0.15, 0.2) is 46.2 Å². The Morgan fingerprint density at radius 3 is 1.87 bits per heavy atom. The van der Waals surface area contributed by atoms with Crippen LogP contribution in [0, 0.1) is 20.8 Å². The predicted molar refractivity (Wildman–Crippen MR) is 91.0 cm³/mol. The number of anilines is 1. The van der Waals surface area contributed by atoms with Crippen molar-refractivity contribution in [1.29, 1.82) is 0 Å². The first kappa shape index (κ1) is 17.5. The molecule has 124 valence electrons. The maximum Gasteiger partial charge on any atom is 0.261 e. The molecule has 0 heterocycles. The summed E-state index contributed by atoms with van der Waals surface area (Å²) < 4.78 is 50.8. The van der Waals surface area contributed by atoms with Crippen molar-refractivity contribution in [3.8, 4) is 0 Å². The van der Waals surface area contributed by atoms with Crippen molar-refractivity contribution in [2.24, 2.45) is 0 Å². The lowest BCUT2D eigenvalue weighted by Gasteiger charge is -2.13. The Bertz CT molecular complexity index is 962.